The second kappa shape index (κ2) is 13.0. The number of fused-ring (bicyclic) bond motifs is 5. The minimum atomic E-state index is -5.56. The summed E-state index contributed by atoms with van der Waals surface area (Å²) >= 11 is 0. The fourth-order valence-electron chi connectivity index (χ4n) is 7.99. The van der Waals surface area contributed by atoms with Crippen molar-refractivity contribution in [2.24, 2.45) is 17.3 Å². The summed E-state index contributed by atoms with van der Waals surface area (Å²) in [5.74, 6) is -1.79. The van der Waals surface area contributed by atoms with E-state index in [2.05, 4.69) is 43.3 Å². The van der Waals surface area contributed by atoms with E-state index < -0.39 is 35.7 Å². The molecule has 3 aliphatic carbocycles. The van der Waals surface area contributed by atoms with E-state index in [0.717, 1.165) is 44.3 Å². The van der Waals surface area contributed by atoms with Crippen molar-refractivity contribution < 1.29 is 35.7 Å². The summed E-state index contributed by atoms with van der Waals surface area (Å²) < 4.78 is 80.6. The summed E-state index contributed by atoms with van der Waals surface area (Å²) in [5.41, 5.74) is 3.87. The van der Waals surface area contributed by atoms with Gasteiger partial charge in [-0.1, -0.05) is 43.3 Å². The first kappa shape index (κ1) is 32.1. The molecule has 2 fully saturated rings. The molecule has 2 saturated carbocycles. The number of hydrogen-bond donors (Lipinski definition) is 0. The first-order chi connectivity index (χ1) is 20.4. The standard InChI is InChI=1S/C34H41F5O3S/c1-32-22-28(31-26-9-4-3-8-23(26)12-15-27(31)29(32)16-17-30(32)40)24-10-13-25(14-11-24)42-19-5-2-6-20-43(41)21-7-18-33(35,36)34(37,38)39/h3-4,8-11,13-14,27-29,31H,2,5-7,12,15-22H2,1H3/t27-,28+,29-,31+,32-,43?/m0/s1. The van der Waals surface area contributed by atoms with Gasteiger partial charge in [-0.15, -0.1) is 0 Å². The van der Waals surface area contributed by atoms with Crippen molar-refractivity contribution in [2.45, 2.75) is 95.1 Å². The number of hydrogen-bond acceptors (Lipinski definition) is 3. The Kier molecular flexibility index (Phi) is 9.69. The van der Waals surface area contributed by atoms with Crippen molar-refractivity contribution in [1.82, 2.24) is 0 Å². The van der Waals surface area contributed by atoms with Crippen molar-refractivity contribution >= 4 is 16.6 Å². The smallest absolute Gasteiger partial charge is 0.453 e. The Hall–Kier alpha value is -2.29. The van der Waals surface area contributed by atoms with Crippen molar-refractivity contribution in [3.63, 3.8) is 0 Å². The van der Waals surface area contributed by atoms with Gasteiger partial charge in [-0.25, -0.2) is 0 Å². The predicted octanol–water partition coefficient (Wildman–Crippen LogP) is 8.78. The van der Waals surface area contributed by atoms with E-state index in [1.54, 1.807) is 0 Å². The molecule has 5 rings (SSSR count). The van der Waals surface area contributed by atoms with Gasteiger partial charge in [0.25, 0.3) is 0 Å². The highest BCUT2D eigenvalue weighted by molar-refractivity contribution is 7.84. The van der Waals surface area contributed by atoms with Crippen LogP contribution in [0, 0.1) is 17.3 Å². The molecule has 0 aromatic heterocycles. The minimum Gasteiger partial charge on any atom is -0.494 e. The molecule has 0 bridgehead atoms. The maximum absolute atomic E-state index is 13.1. The number of halogens is 5. The molecule has 0 spiro atoms. The number of benzene rings is 2. The Morgan fingerprint density at radius 2 is 1.63 bits per heavy atom. The molecule has 0 heterocycles. The van der Waals surface area contributed by atoms with E-state index in [4.69, 9.17) is 4.74 Å². The van der Waals surface area contributed by atoms with E-state index in [1.165, 1.54) is 16.7 Å². The number of carbonyl (C=O) groups is 1. The lowest BCUT2D eigenvalue weighted by molar-refractivity contribution is -0.284. The lowest BCUT2D eigenvalue weighted by atomic mass is 9.51. The van der Waals surface area contributed by atoms with Crippen LogP contribution in [0.2, 0.25) is 0 Å². The highest BCUT2D eigenvalue weighted by atomic mass is 32.2. The Bertz CT molecular complexity index is 1290. The Morgan fingerprint density at radius 1 is 0.907 bits per heavy atom. The number of rotatable bonds is 12. The SMILES string of the molecule is C[C@]12C[C@H](c3ccc(OCCCCCS(=O)CCCC(F)(F)C(F)(F)F)cc3)[C@@H]3c4ccccc4CC[C@H]3[C@@H]1CCC2=O. The Morgan fingerprint density at radius 3 is 2.37 bits per heavy atom. The summed E-state index contributed by atoms with van der Waals surface area (Å²) in [6.07, 6.45) is -0.497. The number of ketones is 1. The third kappa shape index (κ3) is 6.86. The highest BCUT2D eigenvalue weighted by Crippen LogP contribution is 2.63. The molecular formula is C34H41F5O3S. The summed E-state index contributed by atoms with van der Waals surface area (Å²) in [4.78, 5) is 13.1. The van der Waals surface area contributed by atoms with Crippen LogP contribution in [-0.4, -0.2) is 40.2 Å². The minimum absolute atomic E-state index is 0.156. The number of carbonyl (C=O) groups excluding carboxylic acids is 1. The predicted molar refractivity (Wildman–Crippen MR) is 158 cm³/mol. The molecule has 0 N–H and O–H groups in total. The molecule has 2 aromatic rings. The van der Waals surface area contributed by atoms with Crippen LogP contribution < -0.4 is 4.74 Å². The first-order valence-electron chi connectivity index (χ1n) is 15.5. The molecule has 3 nitrogen and oxygen atoms in total. The number of alkyl halides is 5. The molecule has 3 aliphatic rings. The number of aryl methyl sites for hydroxylation is 1. The molecule has 0 aliphatic heterocycles. The molecule has 0 amide bonds. The summed E-state index contributed by atoms with van der Waals surface area (Å²) in [7, 11) is -1.41. The van der Waals surface area contributed by atoms with E-state index in [9.17, 15) is 31.0 Å². The molecule has 236 valence electrons. The van der Waals surface area contributed by atoms with Crippen LogP contribution in [0.5, 0.6) is 5.75 Å². The van der Waals surface area contributed by atoms with Crippen LogP contribution >= 0.6 is 0 Å². The molecule has 1 unspecified atom stereocenters. The summed E-state index contributed by atoms with van der Waals surface area (Å²) in [6.45, 7) is 2.68. The maximum atomic E-state index is 13.1. The molecular weight excluding hydrogens is 583 g/mol. The molecule has 0 saturated heterocycles. The highest BCUT2D eigenvalue weighted by Gasteiger charge is 2.58. The average Bonchev–Trinajstić information content (AvgIpc) is 3.27. The molecule has 43 heavy (non-hydrogen) atoms. The number of Topliss-reactive ketones (excluding diaryl/α,β-unsaturated/α-hetero) is 1. The topological polar surface area (TPSA) is 43.4 Å². The van der Waals surface area contributed by atoms with Crippen molar-refractivity contribution in [3.8, 4) is 5.75 Å². The monoisotopic (exact) mass is 624 g/mol. The quantitative estimate of drug-likeness (QED) is 0.175. The van der Waals surface area contributed by atoms with Gasteiger partial charge in [-0.05, 0) is 104 Å². The fourth-order valence-corrected chi connectivity index (χ4v) is 9.18. The van der Waals surface area contributed by atoms with Gasteiger partial charge in [0.15, 0.2) is 0 Å². The largest absolute Gasteiger partial charge is 0.494 e. The zero-order chi connectivity index (χ0) is 30.8. The van der Waals surface area contributed by atoms with Gasteiger partial charge in [-0.3, -0.25) is 9.00 Å². The van der Waals surface area contributed by atoms with Gasteiger partial charge < -0.3 is 4.74 Å². The third-order valence-corrected chi connectivity index (χ3v) is 11.7. The van der Waals surface area contributed by atoms with Crippen LogP contribution in [0.3, 0.4) is 0 Å². The van der Waals surface area contributed by atoms with Crippen molar-refractivity contribution in [1.29, 1.82) is 0 Å². The van der Waals surface area contributed by atoms with Crippen molar-refractivity contribution in [2.75, 3.05) is 18.1 Å². The second-order valence-electron chi connectivity index (χ2n) is 12.9. The van der Waals surface area contributed by atoms with Crippen LogP contribution in [0.25, 0.3) is 0 Å². The van der Waals surface area contributed by atoms with E-state index in [1.807, 2.05) is 12.1 Å². The normalized spacial score (nSPS) is 27.7. The number of ether oxygens (including phenoxy) is 1. The lowest BCUT2D eigenvalue weighted by Crippen LogP contribution is -2.45. The maximum Gasteiger partial charge on any atom is 0.453 e. The Balaban J connectivity index is 1.11. The van der Waals surface area contributed by atoms with Gasteiger partial charge >= 0.3 is 12.1 Å². The second-order valence-corrected chi connectivity index (χ2v) is 14.6. The van der Waals surface area contributed by atoms with Gasteiger partial charge in [-0.2, -0.15) is 22.0 Å². The Labute approximate surface area is 253 Å². The van der Waals surface area contributed by atoms with Gasteiger partial charge in [0.05, 0.1) is 6.61 Å². The van der Waals surface area contributed by atoms with Crippen molar-refractivity contribution in [3.05, 3.63) is 65.2 Å². The average molecular weight is 625 g/mol. The van der Waals surface area contributed by atoms with E-state index >= 15 is 0 Å². The number of unbranched alkanes of at least 4 members (excludes halogenated alkanes) is 2. The van der Waals surface area contributed by atoms with Crippen LogP contribution in [0.1, 0.15) is 93.2 Å². The molecule has 9 heteroatoms. The van der Waals surface area contributed by atoms with Gasteiger partial charge in [0.2, 0.25) is 0 Å². The van der Waals surface area contributed by atoms with E-state index in [0.29, 0.717) is 43.0 Å². The molecule has 6 atom stereocenters. The van der Waals surface area contributed by atoms with Crippen LogP contribution in [0.15, 0.2) is 48.5 Å². The zero-order valence-electron chi connectivity index (χ0n) is 24.6. The van der Waals surface area contributed by atoms with Crippen LogP contribution in [0.4, 0.5) is 22.0 Å². The zero-order valence-corrected chi connectivity index (χ0v) is 25.5. The summed E-state index contributed by atoms with van der Waals surface area (Å²) in [5, 5.41) is 0. The van der Waals surface area contributed by atoms with Gasteiger partial charge in [0.1, 0.15) is 11.5 Å². The molecule has 0 radical (unpaired) electrons. The summed E-state index contributed by atoms with van der Waals surface area (Å²) in [6, 6.07) is 17.1. The van der Waals surface area contributed by atoms with Gasteiger partial charge in [0, 0.05) is 40.6 Å². The van der Waals surface area contributed by atoms with Crippen LogP contribution in [-0.2, 0) is 22.0 Å². The first-order valence-corrected chi connectivity index (χ1v) is 17.0. The third-order valence-electron chi connectivity index (χ3n) is 10.2. The lowest BCUT2D eigenvalue weighted by Gasteiger charge is -2.52. The fraction of sp³-hybridized carbons (Fsp3) is 0.618. The van der Waals surface area contributed by atoms with E-state index in [-0.39, 0.29) is 22.8 Å². The molecule has 2 aromatic carbocycles.